The molecule has 0 bridgehead atoms. The summed E-state index contributed by atoms with van der Waals surface area (Å²) < 4.78 is 0. The number of carbonyl (C=O) groups excluding carboxylic acids is 1. The lowest BCUT2D eigenvalue weighted by atomic mass is 10.1. The van der Waals surface area contributed by atoms with E-state index in [0.717, 1.165) is 0 Å². The first-order chi connectivity index (χ1) is 7.47. The van der Waals surface area contributed by atoms with E-state index in [1.54, 1.807) is 4.90 Å². The average molecular weight is 222 g/mol. The Morgan fingerprint density at radius 2 is 2.12 bits per heavy atom. The standard InChI is InChI=1S/C12H18N2O2/c1-4-14(8(2)3)12(16)10-7-9(15)5-6-11(10)13/h5-8,15H,4,13H2,1-3H3. The summed E-state index contributed by atoms with van der Waals surface area (Å²) in [6.45, 7) is 6.42. The Kier molecular flexibility index (Phi) is 3.77. The highest BCUT2D eigenvalue weighted by molar-refractivity contribution is 5.99. The molecule has 0 unspecified atom stereocenters. The smallest absolute Gasteiger partial charge is 0.256 e. The number of nitrogen functional groups attached to an aromatic ring is 1. The first-order valence-corrected chi connectivity index (χ1v) is 5.36. The minimum Gasteiger partial charge on any atom is -0.508 e. The Morgan fingerprint density at radius 3 is 2.62 bits per heavy atom. The highest BCUT2D eigenvalue weighted by Crippen LogP contribution is 2.20. The first kappa shape index (κ1) is 12.4. The first-order valence-electron chi connectivity index (χ1n) is 5.36. The molecular weight excluding hydrogens is 204 g/mol. The molecule has 1 aromatic rings. The second-order valence-electron chi connectivity index (χ2n) is 3.96. The molecule has 4 nitrogen and oxygen atoms in total. The summed E-state index contributed by atoms with van der Waals surface area (Å²) in [5, 5.41) is 9.35. The van der Waals surface area contributed by atoms with Crippen molar-refractivity contribution in [1.29, 1.82) is 0 Å². The fraction of sp³-hybridized carbons (Fsp3) is 0.417. The van der Waals surface area contributed by atoms with Crippen molar-refractivity contribution in [3.8, 4) is 5.75 Å². The van der Waals surface area contributed by atoms with Gasteiger partial charge in [0.1, 0.15) is 5.75 Å². The van der Waals surface area contributed by atoms with Crippen LogP contribution in [0, 0.1) is 0 Å². The Bertz CT molecular complexity index is 389. The molecule has 1 amide bonds. The van der Waals surface area contributed by atoms with E-state index in [-0.39, 0.29) is 17.7 Å². The predicted molar refractivity (Wildman–Crippen MR) is 64.4 cm³/mol. The summed E-state index contributed by atoms with van der Waals surface area (Å²) in [6.07, 6.45) is 0. The number of carbonyl (C=O) groups is 1. The fourth-order valence-corrected chi connectivity index (χ4v) is 1.63. The molecule has 1 aromatic carbocycles. The van der Waals surface area contributed by atoms with Crippen LogP contribution in [0.1, 0.15) is 31.1 Å². The normalized spacial score (nSPS) is 10.5. The summed E-state index contributed by atoms with van der Waals surface area (Å²) in [6, 6.07) is 4.52. The summed E-state index contributed by atoms with van der Waals surface area (Å²) in [7, 11) is 0. The van der Waals surface area contributed by atoms with Gasteiger partial charge in [0.2, 0.25) is 0 Å². The molecule has 0 fully saturated rings. The van der Waals surface area contributed by atoms with Crippen LogP contribution in [0.25, 0.3) is 0 Å². The number of aromatic hydroxyl groups is 1. The van der Waals surface area contributed by atoms with E-state index in [4.69, 9.17) is 5.73 Å². The number of benzene rings is 1. The van der Waals surface area contributed by atoms with Gasteiger partial charge in [-0.1, -0.05) is 0 Å². The molecule has 88 valence electrons. The van der Waals surface area contributed by atoms with Gasteiger partial charge in [-0.15, -0.1) is 0 Å². The van der Waals surface area contributed by atoms with E-state index in [1.165, 1.54) is 18.2 Å². The molecule has 0 heterocycles. The van der Waals surface area contributed by atoms with Crippen molar-refractivity contribution in [2.45, 2.75) is 26.8 Å². The van der Waals surface area contributed by atoms with Gasteiger partial charge in [0.05, 0.1) is 5.56 Å². The maximum Gasteiger partial charge on any atom is 0.256 e. The summed E-state index contributed by atoms with van der Waals surface area (Å²) in [5.74, 6) is -0.0942. The average Bonchev–Trinajstić information content (AvgIpc) is 2.22. The Hall–Kier alpha value is -1.71. The Labute approximate surface area is 95.7 Å². The largest absolute Gasteiger partial charge is 0.508 e. The van der Waals surface area contributed by atoms with Gasteiger partial charge in [-0.3, -0.25) is 4.79 Å². The third kappa shape index (κ3) is 2.45. The van der Waals surface area contributed by atoms with E-state index in [0.29, 0.717) is 17.8 Å². The van der Waals surface area contributed by atoms with Crippen molar-refractivity contribution in [1.82, 2.24) is 4.90 Å². The van der Waals surface area contributed by atoms with Crippen molar-refractivity contribution in [3.05, 3.63) is 23.8 Å². The molecule has 0 saturated heterocycles. The molecule has 4 heteroatoms. The number of hydrogen-bond acceptors (Lipinski definition) is 3. The number of hydrogen-bond donors (Lipinski definition) is 2. The van der Waals surface area contributed by atoms with Crippen LogP contribution < -0.4 is 5.73 Å². The molecule has 0 aliphatic heterocycles. The molecular formula is C12H18N2O2. The maximum absolute atomic E-state index is 12.1. The Balaban J connectivity index is 3.08. The van der Waals surface area contributed by atoms with Gasteiger partial charge >= 0.3 is 0 Å². The number of nitrogens with two attached hydrogens (primary N) is 1. The van der Waals surface area contributed by atoms with Crippen molar-refractivity contribution in [3.63, 3.8) is 0 Å². The minimum absolute atomic E-state index is 0.0531. The molecule has 16 heavy (non-hydrogen) atoms. The zero-order valence-electron chi connectivity index (χ0n) is 9.90. The molecule has 0 aromatic heterocycles. The van der Waals surface area contributed by atoms with E-state index >= 15 is 0 Å². The SMILES string of the molecule is CCN(C(=O)c1cc(O)ccc1N)C(C)C. The molecule has 0 radical (unpaired) electrons. The van der Waals surface area contributed by atoms with Crippen LogP contribution in [0.2, 0.25) is 0 Å². The lowest BCUT2D eigenvalue weighted by Gasteiger charge is -2.25. The van der Waals surface area contributed by atoms with Crippen LogP contribution >= 0.6 is 0 Å². The zero-order chi connectivity index (χ0) is 12.3. The van der Waals surface area contributed by atoms with Crippen molar-refractivity contribution in [2.24, 2.45) is 0 Å². The lowest BCUT2D eigenvalue weighted by molar-refractivity contribution is 0.0717. The van der Waals surface area contributed by atoms with Gasteiger partial charge in [-0.05, 0) is 39.0 Å². The van der Waals surface area contributed by atoms with Gasteiger partial charge < -0.3 is 15.7 Å². The van der Waals surface area contributed by atoms with Crippen molar-refractivity contribution >= 4 is 11.6 Å². The van der Waals surface area contributed by atoms with E-state index < -0.39 is 0 Å². The number of rotatable bonds is 3. The molecule has 1 rings (SSSR count). The summed E-state index contributed by atoms with van der Waals surface area (Å²) in [5.41, 5.74) is 6.47. The van der Waals surface area contributed by atoms with Crippen LogP contribution in [0.4, 0.5) is 5.69 Å². The number of nitrogens with zero attached hydrogens (tertiary/aromatic N) is 1. The highest BCUT2D eigenvalue weighted by atomic mass is 16.3. The van der Waals surface area contributed by atoms with Gasteiger partial charge in [-0.2, -0.15) is 0 Å². The van der Waals surface area contributed by atoms with Crippen LogP contribution in [-0.4, -0.2) is 28.5 Å². The molecule has 0 saturated carbocycles. The summed E-state index contributed by atoms with van der Waals surface area (Å²) in [4.78, 5) is 13.8. The third-order valence-corrected chi connectivity index (χ3v) is 2.49. The van der Waals surface area contributed by atoms with Gasteiger partial charge in [-0.25, -0.2) is 0 Å². The van der Waals surface area contributed by atoms with Gasteiger partial charge in [0.25, 0.3) is 5.91 Å². The van der Waals surface area contributed by atoms with Crippen molar-refractivity contribution < 1.29 is 9.90 Å². The lowest BCUT2D eigenvalue weighted by Crippen LogP contribution is -2.37. The second kappa shape index (κ2) is 4.88. The number of anilines is 1. The van der Waals surface area contributed by atoms with E-state index in [2.05, 4.69) is 0 Å². The van der Waals surface area contributed by atoms with Gasteiger partial charge in [0.15, 0.2) is 0 Å². The monoisotopic (exact) mass is 222 g/mol. The zero-order valence-corrected chi connectivity index (χ0v) is 9.90. The molecule has 0 spiro atoms. The van der Waals surface area contributed by atoms with Crippen LogP contribution in [-0.2, 0) is 0 Å². The van der Waals surface area contributed by atoms with Crippen LogP contribution in [0.5, 0.6) is 5.75 Å². The quantitative estimate of drug-likeness (QED) is 0.605. The second-order valence-corrected chi connectivity index (χ2v) is 3.96. The Morgan fingerprint density at radius 1 is 1.50 bits per heavy atom. The number of phenols is 1. The van der Waals surface area contributed by atoms with E-state index in [9.17, 15) is 9.90 Å². The summed E-state index contributed by atoms with van der Waals surface area (Å²) >= 11 is 0. The third-order valence-electron chi connectivity index (χ3n) is 2.49. The van der Waals surface area contributed by atoms with Crippen LogP contribution in [0.15, 0.2) is 18.2 Å². The van der Waals surface area contributed by atoms with Crippen molar-refractivity contribution in [2.75, 3.05) is 12.3 Å². The molecule has 0 aliphatic carbocycles. The topological polar surface area (TPSA) is 66.6 Å². The maximum atomic E-state index is 12.1. The number of phenolic OH excluding ortho intramolecular Hbond substituents is 1. The minimum atomic E-state index is -0.147. The van der Waals surface area contributed by atoms with Gasteiger partial charge in [0, 0.05) is 18.3 Å². The highest BCUT2D eigenvalue weighted by Gasteiger charge is 2.19. The van der Waals surface area contributed by atoms with Crippen LogP contribution in [0.3, 0.4) is 0 Å². The number of amides is 1. The molecule has 3 N–H and O–H groups in total. The predicted octanol–water partition coefficient (Wildman–Crippen LogP) is 1.84. The van der Waals surface area contributed by atoms with E-state index in [1.807, 2.05) is 20.8 Å². The molecule has 0 aliphatic rings. The molecule has 0 atom stereocenters. The fourth-order valence-electron chi connectivity index (χ4n) is 1.63.